The Balaban J connectivity index is 1.60. The molecule has 2 saturated heterocycles. The zero-order valence-electron chi connectivity index (χ0n) is 11.7. The summed E-state index contributed by atoms with van der Waals surface area (Å²) in [6.07, 6.45) is 5.82. The van der Waals surface area contributed by atoms with Crippen molar-refractivity contribution in [3.05, 3.63) is 30.5 Å². The molecule has 20 heavy (non-hydrogen) atoms. The van der Waals surface area contributed by atoms with Gasteiger partial charge in [-0.2, -0.15) is 0 Å². The number of nitrogens with zero attached hydrogens (tertiary/aromatic N) is 3. The first-order valence-corrected chi connectivity index (χ1v) is 7.52. The van der Waals surface area contributed by atoms with Gasteiger partial charge in [0.15, 0.2) is 0 Å². The summed E-state index contributed by atoms with van der Waals surface area (Å²) in [7, 11) is 0. The summed E-state index contributed by atoms with van der Waals surface area (Å²) in [5.74, 6) is 1.04. The van der Waals surface area contributed by atoms with Crippen LogP contribution in [-0.2, 0) is 0 Å². The normalized spacial score (nSPS) is 21.7. The summed E-state index contributed by atoms with van der Waals surface area (Å²) in [5.41, 5.74) is 2.49. The van der Waals surface area contributed by atoms with Crippen LogP contribution in [0.15, 0.2) is 30.5 Å². The van der Waals surface area contributed by atoms with Crippen molar-refractivity contribution < 1.29 is 0 Å². The smallest absolute Gasteiger partial charge is 0.147 e. The Morgan fingerprint density at radius 1 is 1.05 bits per heavy atom. The molecule has 3 heterocycles. The molecule has 2 fully saturated rings. The van der Waals surface area contributed by atoms with Gasteiger partial charge in [0, 0.05) is 13.1 Å². The van der Waals surface area contributed by atoms with Gasteiger partial charge in [0.2, 0.25) is 0 Å². The van der Waals surface area contributed by atoms with Crippen LogP contribution in [0, 0.1) is 5.41 Å². The molecule has 2 aromatic rings. The maximum absolute atomic E-state index is 4.78. The molecule has 1 aromatic heterocycles. The van der Waals surface area contributed by atoms with E-state index >= 15 is 0 Å². The lowest BCUT2D eigenvalue weighted by atomic mass is 9.78. The van der Waals surface area contributed by atoms with Crippen molar-refractivity contribution in [2.75, 3.05) is 31.1 Å². The highest BCUT2D eigenvalue weighted by Crippen LogP contribution is 2.39. The van der Waals surface area contributed by atoms with Crippen LogP contribution in [0.1, 0.15) is 19.3 Å². The third-order valence-corrected chi connectivity index (χ3v) is 4.86. The second-order valence-corrected chi connectivity index (χ2v) is 6.14. The van der Waals surface area contributed by atoms with Gasteiger partial charge in [-0.3, -0.25) is 4.98 Å². The zero-order chi connectivity index (χ0) is 13.4. The van der Waals surface area contributed by atoms with Crippen LogP contribution in [0.5, 0.6) is 0 Å². The molecule has 4 rings (SSSR count). The van der Waals surface area contributed by atoms with Gasteiger partial charge in [0.25, 0.3) is 0 Å². The number of nitrogens with one attached hydrogen (secondary N) is 1. The predicted molar refractivity (Wildman–Crippen MR) is 80.9 cm³/mol. The molecular weight excluding hydrogens is 248 g/mol. The molecule has 0 atom stereocenters. The van der Waals surface area contributed by atoms with Crippen molar-refractivity contribution in [1.29, 1.82) is 0 Å². The number of anilines is 1. The van der Waals surface area contributed by atoms with Crippen molar-refractivity contribution in [2.24, 2.45) is 5.41 Å². The molecular formula is C16H20N4. The molecule has 4 nitrogen and oxygen atoms in total. The molecule has 0 aliphatic carbocycles. The molecule has 0 bridgehead atoms. The Bertz CT molecular complexity index is 619. The van der Waals surface area contributed by atoms with Crippen molar-refractivity contribution >= 4 is 16.9 Å². The van der Waals surface area contributed by atoms with Gasteiger partial charge in [-0.1, -0.05) is 12.1 Å². The standard InChI is InChI=1S/C16H20N4/c1-2-4-14-13(3-1)18-11-15(19-14)20-10-7-16(12-20)5-8-17-9-6-16/h1-4,11,17H,5-10,12H2. The largest absolute Gasteiger partial charge is 0.355 e. The number of para-hydroxylation sites is 2. The van der Waals surface area contributed by atoms with Crippen molar-refractivity contribution in [2.45, 2.75) is 19.3 Å². The minimum absolute atomic E-state index is 0.512. The van der Waals surface area contributed by atoms with Gasteiger partial charge in [-0.05, 0) is 49.9 Å². The van der Waals surface area contributed by atoms with Crippen LogP contribution in [0.25, 0.3) is 11.0 Å². The molecule has 0 amide bonds. The van der Waals surface area contributed by atoms with Gasteiger partial charge in [-0.15, -0.1) is 0 Å². The van der Waals surface area contributed by atoms with E-state index in [0.29, 0.717) is 5.41 Å². The molecule has 0 radical (unpaired) electrons. The first kappa shape index (κ1) is 12.1. The lowest BCUT2D eigenvalue weighted by molar-refractivity contribution is 0.232. The summed E-state index contributed by atoms with van der Waals surface area (Å²) in [6, 6.07) is 8.10. The fraction of sp³-hybridized carbons (Fsp3) is 0.500. The zero-order valence-corrected chi connectivity index (χ0v) is 11.7. The molecule has 1 spiro atoms. The third-order valence-electron chi connectivity index (χ3n) is 4.86. The Morgan fingerprint density at radius 2 is 1.85 bits per heavy atom. The number of rotatable bonds is 1. The second kappa shape index (κ2) is 4.70. The molecule has 1 N–H and O–H groups in total. The highest BCUT2D eigenvalue weighted by molar-refractivity contribution is 5.75. The molecule has 4 heteroatoms. The quantitative estimate of drug-likeness (QED) is 0.861. The van der Waals surface area contributed by atoms with E-state index in [9.17, 15) is 0 Å². The first-order chi connectivity index (χ1) is 9.85. The predicted octanol–water partition coefficient (Wildman–Crippen LogP) is 2.21. The van der Waals surface area contributed by atoms with E-state index in [4.69, 9.17) is 4.98 Å². The first-order valence-electron chi connectivity index (χ1n) is 7.52. The molecule has 2 aliphatic heterocycles. The van der Waals surface area contributed by atoms with E-state index in [1.807, 2.05) is 30.5 Å². The van der Waals surface area contributed by atoms with E-state index in [1.54, 1.807) is 0 Å². The van der Waals surface area contributed by atoms with Crippen molar-refractivity contribution in [3.63, 3.8) is 0 Å². The van der Waals surface area contributed by atoms with Crippen LogP contribution in [0.4, 0.5) is 5.82 Å². The Hall–Kier alpha value is -1.68. The summed E-state index contributed by atoms with van der Waals surface area (Å²) in [5, 5.41) is 3.47. The Morgan fingerprint density at radius 3 is 2.70 bits per heavy atom. The lowest BCUT2D eigenvalue weighted by Crippen LogP contribution is -2.38. The summed E-state index contributed by atoms with van der Waals surface area (Å²) >= 11 is 0. The minimum atomic E-state index is 0.512. The number of aromatic nitrogens is 2. The van der Waals surface area contributed by atoms with E-state index in [2.05, 4.69) is 15.2 Å². The topological polar surface area (TPSA) is 41.1 Å². The fourth-order valence-corrected chi connectivity index (χ4v) is 3.60. The van der Waals surface area contributed by atoms with Gasteiger partial charge in [-0.25, -0.2) is 4.98 Å². The molecule has 104 valence electrons. The van der Waals surface area contributed by atoms with Gasteiger partial charge >= 0.3 is 0 Å². The molecule has 0 saturated carbocycles. The number of hydrogen-bond donors (Lipinski definition) is 1. The van der Waals surface area contributed by atoms with E-state index < -0.39 is 0 Å². The van der Waals surface area contributed by atoms with Crippen LogP contribution in [0.2, 0.25) is 0 Å². The highest BCUT2D eigenvalue weighted by atomic mass is 15.2. The van der Waals surface area contributed by atoms with Crippen LogP contribution >= 0.6 is 0 Å². The number of hydrogen-bond acceptors (Lipinski definition) is 4. The monoisotopic (exact) mass is 268 g/mol. The number of piperidine rings is 1. The van der Waals surface area contributed by atoms with E-state index in [1.165, 1.54) is 19.3 Å². The minimum Gasteiger partial charge on any atom is -0.355 e. The van der Waals surface area contributed by atoms with Gasteiger partial charge in [0.05, 0.1) is 17.2 Å². The van der Waals surface area contributed by atoms with Crippen LogP contribution < -0.4 is 10.2 Å². The Kier molecular flexibility index (Phi) is 2.84. The Labute approximate surface area is 119 Å². The van der Waals surface area contributed by atoms with E-state index in [-0.39, 0.29) is 0 Å². The second-order valence-electron chi connectivity index (χ2n) is 6.14. The summed E-state index contributed by atoms with van der Waals surface area (Å²) in [6.45, 7) is 4.59. The van der Waals surface area contributed by atoms with Crippen LogP contribution in [-0.4, -0.2) is 36.1 Å². The van der Waals surface area contributed by atoms with Crippen molar-refractivity contribution in [1.82, 2.24) is 15.3 Å². The van der Waals surface area contributed by atoms with Crippen LogP contribution in [0.3, 0.4) is 0 Å². The summed E-state index contributed by atoms with van der Waals surface area (Å²) in [4.78, 5) is 11.7. The van der Waals surface area contributed by atoms with E-state index in [0.717, 1.165) is 43.0 Å². The maximum Gasteiger partial charge on any atom is 0.147 e. The number of benzene rings is 1. The van der Waals surface area contributed by atoms with Gasteiger partial charge < -0.3 is 10.2 Å². The summed E-state index contributed by atoms with van der Waals surface area (Å²) < 4.78 is 0. The average Bonchev–Trinajstić information content (AvgIpc) is 2.91. The van der Waals surface area contributed by atoms with Gasteiger partial charge in [0.1, 0.15) is 5.82 Å². The average molecular weight is 268 g/mol. The molecule has 1 aromatic carbocycles. The number of fused-ring (bicyclic) bond motifs is 1. The lowest BCUT2D eigenvalue weighted by Gasteiger charge is -2.33. The fourth-order valence-electron chi connectivity index (χ4n) is 3.60. The SMILES string of the molecule is c1ccc2nc(N3CCC4(CCNCC4)C3)cnc2c1. The van der Waals surface area contributed by atoms with Crippen molar-refractivity contribution in [3.8, 4) is 0 Å². The highest BCUT2D eigenvalue weighted by Gasteiger charge is 2.39. The molecule has 2 aliphatic rings. The maximum atomic E-state index is 4.78. The third kappa shape index (κ3) is 2.04. The molecule has 0 unspecified atom stereocenters.